The van der Waals surface area contributed by atoms with Gasteiger partial charge in [0.25, 0.3) is 0 Å². The minimum atomic E-state index is -1.15. The molecule has 0 spiro atoms. The molecule has 184 valence electrons. The molecule has 2 aliphatic rings. The van der Waals surface area contributed by atoms with Crippen molar-refractivity contribution in [2.24, 2.45) is 0 Å². The first-order chi connectivity index (χ1) is 17.0. The normalized spacial score (nSPS) is 18.4. The summed E-state index contributed by atoms with van der Waals surface area (Å²) in [5, 5.41) is 22.9. The zero-order valence-electron chi connectivity index (χ0n) is 19.9. The molecule has 0 radical (unpaired) electrons. The Kier molecular flexibility index (Phi) is 6.88. The predicted molar refractivity (Wildman–Crippen MR) is 139 cm³/mol. The van der Waals surface area contributed by atoms with Crippen molar-refractivity contribution in [1.29, 1.82) is 0 Å². The Hall–Kier alpha value is -3.17. The van der Waals surface area contributed by atoms with Crippen LogP contribution in [0.2, 0.25) is 0 Å². The van der Waals surface area contributed by atoms with Crippen LogP contribution in [0.5, 0.6) is 5.75 Å². The van der Waals surface area contributed by atoms with Gasteiger partial charge in [-0.3, -0.25) is 4.21 Å². The highest BCUT2D eigenvalue weighted by atomic mass is 32.2. The van der Waals surface area contributed by atoms with Gasteiger partial charge in [-0.15, -0.1) is 0 Å². The number of hydrogen-bond acceptors (Lipinski definition) is 8. The first-order valence-electron chi connectivity index (χ1n) is 12.0. The highest BCUT2D eigenvalue weighted by Gasteiger charge is 2.29. The van der Waals surface area contributed by atoms with Crippen molar-refractivity contribution < 1.29 is 14.4 Å². The van der Waals surface area contributed by atoms with Crippen LogP contribution in [0.3, 0.4) is 0 Å². The molecular formula is C26H31N5O3S. The van der Waals surface area contributed by atoms with E-state index < -0.39 is 10.8 Å². The van der Waals surface area contributed by atoms with Gasteiger partial charge in [0.15, 0.2) is 0 Å². The van der Waals surface area contributed by atoms with E-state index in [1.54, 1.807) is 12.1 Å². The number of hydrogen-bond donors (Lipinski definition) is 3. The van der Waals surface area contributed by atoms with Crippen LogP contribution in [-0.4, -0.2) is 69.0 Å². The third-order valence-electron chi connectivity index (χ3n) is 6.62. The molecule has 3 N–H and O–H groups in total. The number of fused-ring (bicyclic) bond motifs is 1. The van der Waals surface area contributed by atoms with E-state index in [0.717, 1.165) is 37.4 Å². The lowest BCUT2D eigenvalue weighted by Crippen LogP contribution is -2.47. The molecule has 35 heavy (non-hydrogen) atoms. The van der Waals surface area contributed by atoms with Gasteiger partial charge in [-0.05, 0) is 43.2 Å². The van der Waals surface area contributed by atoms with Crippen LogP contribution in [0, 0.1) is 6.92 Å². The molecule has 1 saturated heterocycles. The fourth-order valence-electron chi connectivity index (χ4n) is 4.61. The van der Waals surface area contributed by atoms with Crippen molar-refractivity contribution in [3.8, 4) is 5.75 Å². The van der Waals surface area contributed by atoms with Crippen LogP contribution in [0.4, 0.5) is 17.5 Å². The first-order valence-corrected chi connectivity index (χ1v) is 13.3. The number of nitrogens with zero attached hydrogens (tertiary/aromatic N) is 4. The van der Waals surface area contributed by atoms with E-state index in [2.05, 4.69) is 46.3 Å². The van der Waals surface area contributed by atoms with Crippen molar-refractivity contribution in [1.82, 2.24) is 9.97 Å². The fourth-order valence-corrected chi connectivity index (χ4v) is 5.93. The monoisotopic (exact) mass is 493 g/mol. The lowest BCUT2D eigenvalue weighted by atomic mass is 10.1. The first kappa shape index (κ1) is 23.6. The number of piperazine rings is 1. The van der Waals surface area contributed by atoms with Gasteiger partial charge in [-0.2, -0.15) is 4.98 Å². The Balaban J connectivity index is 1.34. The van der Waals surface area contributed by atoms with E-state index in [9.17, 15) is 14.4 Å². The van der Waals surface area contributed by atoms with E-state index in [4.69, 9.17) is 9.97 Å². The average Bonchev–Trinajstić information content (AvgIpc) is 3.26. The number of aryl methyl sites for hydroxylation is 2. The maximum absolute atomic E-state index is 12.7. The van der Waals surface area contributed by atoms with Crippen LogP contribution in [-0.2, 0) is 23.6 Å². The maximum atomic E-state index is 12.7. The molecule has 3 aromatic rings. The molecule has 8 nitrogen and oxygen atoms in total. The van der Waals surface area contributed by atoms with Crippen LogP contribution in [0.1, 0.15) is 16.8 Å². The molecule has 2 aliphatic heterocycles. The number of aromatic nitrogens is 2. The quantitative estimate of drug-likeness (QED) is 0.462. The van der Waals surface area contributed by atoms with Gasteiger partial charge >= 0.3 is 0 Å². The standard InChI is InChI=1S/C26H31N5O3S/c1-18-2-6-21(7-3-18)30-11-13-31(14-12-30)26-28-23-10-15-35(34)24(23)25(29-26)27-20(17-32)16-19-4-8-22(33)9-5-19/h2-9,20,32-33H,10-17H2,1H3,(H,27,28,29)/t20-,35?/m1/s1. The van der Waals surface area contributed by atoms with Crippen molar-refractivity contribution >= 4 is 28.3 Å². The van der Waals surface area contributed by atoms with Gasteiger partial charge < -0.3 is 25.3 Å². The van der Waals surface area contributed by atoms with Crippen molar-refractivity contribution in [2.75, 3.05) is 53.7 Å². The number of benzene rings is 2. The number of aliphatic hydroxyl groups is 1. The summed E-state index contributed by atoms with van der Waals surface area (Å²) in [5.41, 5.74) is 4.29. The Bertz CT molecular complexity index is 1190. The van der Waals surface area contributed by atoms with E-state index >= 15 is 0 Å². The number of aliphatic hydroxyl groups excluding tert-OH is 1. The third-order valence-corrected chi connectivity index (χ3v) is 8.08. The molecule has 0 saturated carbocycles. The molecule has 3 heterocycles. The van der Waals surface area contributed by atoms with Crippen molar-refractivity contribution in [2.45, 2.75) is 30.7 Å². The molecule has 1 fully saturated rings. The number of rotatable bonds is 7. The number of aromatic hydroxyl groups is 1. The van der Waals surface area contributed by atoms with E-state index in [1.807, 2.05) is 12.1 Å². The topological polar surface area (TPSA) is 102 Å². The SMILES string of the molecule is Cc1ccc(N2CCN(c3nc4c(c(N[C@@H](CO)Cc5ccc(O)cc5)n3)S(=O)CC4)CC2)cc1. The number of anilines is 3. The van der Waals surface area contributed by atoms with Crippen LogP contribution in [0.25, 0.3) is 0 Å². The van der Waals surface area contributed by atoms with Crippen molar-refractivity contribution in [3.05, 3.63) is 65.4 Å². The number of phenolic OH excluding ortho intramolecular Hbond substituents is 1. The molecular weight excluding hydrogens is 462 g/mol. The molecule has 1 unspecified atom stereocenters. The fraction of sp³-hybridized carbons (Fsp3) is 0.385. The van der Waals surface area contributed by atoms with Gasteiger partial charge in [-0.25, -0.2) is 4.98 Å². The lowest BCUT2D eigenvalue weighted by Gasteiger charge is -2.36. The molecule has 0 aliphatic carbocycles. The Labute approximate surface area is 208 Å². The second-order valence-corrected chi connectivity index (χ2v) is 10.7. The van der Waals surface area contributed by atoms with Gasteiger partial charge in [0, 0.05) is 44.0 Å². The summed E-state index contributed by atoms with van der Waals surface area (Å²) < 4.78 is 12.7. The van der Waals surface area contributed by atoms with Crippen LogP contribution >= 0.6 is 0 Å². The lowest BCUT2D eigenvalue weighted by molar-refractivity contribution is 0.273. The van der Waals surface area contributed by atoms with Crippen molar-refractivity contribution in [3.63, 3.8) is 0 Å². The van der Waals surface area contributed by atoms with Gasteiger partial charge in [0.05, 0.1) is 29.1 Å². The number of nitrogens with one attached hydrogen (secondary N) is 1. The number of phenols is 1. The van der Waals surface area contributed by atoms with E-state index in [-0.39, 0.29) is 18.4 Å². The van der Waals surface area contributed by atoms with Gasteiger partial charge in [-0.1, -0.05) is 29.8 Å². The molecule has 2 atom stereocenters. The summed E-state index contributed by atoms with van der Waals surface area (Å²) in [7, 11) is -1.15. The summed E-state index contributed by atoms with van der Waals surface area (Å²) in [6, 6.07) is 15.2. The smallest absolute Gasteiger partial charge is 0.227 e. The Morgan fingerprint density at radius 1 is 1.00 bits per heavy atom. The highest BCUT2D eigenvalue weighted by Crippen LogP contribution is 2.31. The minimum Gasteiger partial charge on any atom is -0.508 e. The molecule has 5 rings (SSSR count). The second-order valence-electron chi connectivity index (χ2n) is 9.15. The highest BCUT2D eigenvalue weighted by molar-refractivity contribution is 7.85. The summed E-state index contributed by atoms with van der Waals surface area (Å²) in [6.45, 7) is 5.34. The molecule has 1 aromatic heterocycles. The molecule has 9 heteroatoms. The summed E-state index contributed by atoms with van der Waals surface area (Å²) >= 11 is 0. The summed E-state index contributed by atoms with van der Waals surface area (Å²) in [4.78, 5) is 14.8. The molecule has 0 amide bonds. The average molecular weight is 494 g/mol. The van der Waals surface area contributed by atoms with Gasteiger partial charge in [0.2, 0.25) is 5.95 Å². The van der Waals surface area contributed by atoms with Gasteiger partial charge in [0.1, 0.15) is 16.5 Å². The summed E-state index contributed by atoms with van der Waals surface area (Å²) in [6.07, 6.45) is 1.21. The van der Waals surface area contributed by atoms with E-state index in [1.165, 1.54) is 11.3 Å². The zero-order valence-corrected chi connectivity index (χ0v) is 20.7. The maximum Gasteiger partial charge on any atom is 0.227 e. The second kappa shape index (κ2) is 10.2. The molecule has 2 aromatic carbocycles. The Morgan fingerprint density at radius 2 is 1.69 bits per heavy atom. The Morgan fingerprint density at radius 3 is 2.37 bits per heavy atom. The third kappa shape index (κ3) is 5.26. The minimum absolute atomic E-state index is 0.100. The molecule has 0 bridgehead atoms. The van der Waals surface area contributed by atoms with Crippen LogP contribution < -0.4 is 15.1 Å². The predicted octanol–water partition coefficient (Wildman–Crippen LogP) is 2.50. The summed E-state index contributed by atoms with van der Waals surface area (Å²) in [5.74, 6) is 1.96. The zero-order chi connectivity index (χ0) is 24.4. The van der Waals surface area contributed by atoms with Crippen LogP contribution in [0.15, 0.2) is 53.4 Å². The largest absolute Gasteiger partial charge is 0.508 e. The van der Waals surface area contributed by atoms with E-state index in [0.29, 0.717) is 35.3 Å².